The van der Waals surface area contributed by atoms with Crippen molar-refractivity contribution < 1.29 is 17.9 Å². The highest BCUT2D eigenvalue weighted by molar-refractivity contribution is 7.11. The molecule has 0 aromatic carbocycles. The van der Waals surface area contributed by atoms with E-state index in [-0.39, 0.29) is 17.6 Å². The molecule has 1 N–H and O–H groups in total. The molecule has 2 atom stereocenters. The van der Waals surface area contributed by atoms with Crippen molar-refractivity contribution in [2.24, 2.45) is 5.41 Å². The fraction of sp³-hybridized carbons (Fsp3) is 0.769. The summed E-state index contributed by atoms with van der Waals surface area (Å²) in [7, 11) is 1.58. The van der Waals surface area contributed by atoms with Crippen LogP contribution in [0.2, 0.25) is 0 Å². The minimum atomic E-state index is -4.40. The Morgan fingerprint density at radius 1 is 1.35 bits per heavy atom. The minimum absolute atomic E-state index is 0.204. The summed E-state index contributed by atoms with van der Waals surface area (Å²) in [4.78, 5) is 4.03. The molecule has 0 radical (unpaired) electrons. The fourth-order valence-corrected chi connectivity index (χ4v) is 3.01. The van der Waals surface area contributed by atoms with Gasteiger partial charge in [-0.1, -0.05) is 27.7 Å². The number of nitrogens with zero attached hydrogens (tertiary/aromatic N) is 1. The molecule has 7 heteroatoms. The van der Waals surface area contributed by atoms with E-state index < -0.39 is 11.2 Å². The standard InChI is InChI=1S/C13H21F3N2OS/c1-6-17-9(10(19-5)12(2,3)4)8-7-18-11(20-8)13(14,15)16/h7,9-10,17H,6H2,1-5H3. The second-order valence-corrected chi connectivity index (χ2v) is 6.69. The van der Waals surface area contributed by atoms with Crippen LogP contribution in [-0.4, -0.2) is 24.7 Å². The lowest BCUT2D eigenvalue weighted by atomic mass is 9.84. The second-order valence-electron chi connectivity index (χ2n) is 5.62. The van der Waals surface area contributed by atoms with Gasteiger partial charge in [-0.2, -0.15) is 13.2 Å². The molecule has 1 aromatic rings. The third-order valence-electron chi connectivity index (χ3n) is 2.91. The number of aromatic nitrogens is 1. The quantitative estimate of drug-likeness (QED) is 0.896. The van der Waals surface area contributed by atoms with Crippen molar-refractivity contribution in [3.05, 3.63) is 16.1 Å². The largest absolute Gasteiger partial charge is 0.443 e. The molecule has 1 rings (SSSR count). The van der Waals surface area contributed by atoms with Crippen molar-refractivity contribution in [2.75, 3.05) is 13.7 Å². The normalized spacial score (nSPS) is 16.2. The van der Waals surface area contributed by atoms with Crippen LogP contribution in [0.25, 0.3) is 0 Å². The zero-order valence-electron chi connectivity index (χ0n) is 12.3. The number of likely N-dealkylation sites (N-methyl/N-ethyl adjacent to an activating group) is 1. The first-order chi connectivity index (χ1) is 9.11. The summed E-state index contributed by atoms with van der Waals surface area (Å²) in [5, 5.41) is 2.38. The van der Waals surface area contributed by atoms with Crippen molar-refractivity contribution >= 4 is 11.3 Å². The van der Waals surface area contributed by atoms with Crippen molar-refractivity contribution in [3.8, 4) is 0 Å². The van der Waals surface area contributed by atoms with Crippen LogP contribution in [0.15, 0.2) is 6.20 Å². The molecule has 116 valence electrons. The maximum atomic E-state index is 12.7. The van der Waals surface area contributed by atoms with Crippen molar-refractivity contribution in [1.29, 1.82) is 0 Å². The van der Waals surface area contributed by atoms with Gasteiger partial charge in [0.1, 0.15) is 0 Å². The van der Waals surface area contributed by atoms with Crippen molar-refractivity contribution in [3.63, 3.8) is 0 Å². The van der Waals surface area contributed by atoms with Gasteiger partial charge in [0.2, 0.25) is 0 Å². The molecule has 0 spiro atoms. The number of ether oxygens (including phenoxy) is 1. The van der Waals surface area contributed by atoms with E-state index in [1.165, 1.54) is 6.20 Å². The molecule has 0 aliphatic rings. The van der Waals surface area contributed by atoms with Crippen LogP contribution in [0.1, 0.15) is 43.6 Å². The summed E-state index contributed by atoms with van der Waals surface area (Å²) in [6.45, 7) is 8.54. The van der Waals surface area contributed by atoms with Crippen LogP contribution in [-0.2, 0) is 10.9 Å². The van der Waals surface area contributed by atoms with Gasteiger partial charge in [0.05, 0.1) is 12.1 Å². The van der Waals surface area contributed by atoms with E-state index in [2.05, 4.69) is 10.3 Å². The number of hydrogen-bond donors (Lipinski definition) is 1. The first-order valence-corrected chi connectivity index (χ1v) is 7.22. The summed E-state index contributed by atoms with van der Waals surface area (Å²) < 4.78 is 43.5. The zero-order valence-corrected chi connectivity index (χ0v) is 13.2. The number of alkyl halides is 3. The molecular weight excluding hydrogens is 289 g/mol. The zero-order chi connectivity index (χ0) is 15.6. The Hall–Kier alpha value is -0.660. The molecule has 1 aromatic heterocycles. The Kier molecular flexibility index (Phi) is 5.57. The van der Waals surface area contributed by atoms with E-state index in [1.54, 1.807) is 7.11 Å². The molecule has 1 heterocycles. The van der Waals surface area contributed by atoms with Crippen LogP contribution in [0.3, 0.4) is 0 Å². The lowest BCUT2D eigenvalue weighted by Crippen LogP contribution is -2.41. The minimum Gasteiger partial charge on any atom is -0.379 e. The lowest BCUT2D eigenvalue weighted by Gasteiger charge is -2.35. The van der Waals surface area contributed by atoms with E-state index in [0.717, 1.165) is 0 Å². The Morgan fingerprint density at radius 3 is 2.30 bits per heavy atom. The van der Waals surface area contributed by atoms with Crippen molar-refractivity contribution in [1.82, 2.24) is 10.3 Å². The number of hydrogen-bond acceptors (Lipinski definition) is 4. The lowest BCUT2D eigenvalue weighted by molar-refractivity contribution is -0.137. The van der Waals surface area contributed by atoms with Crippen LogP contribution >= 0.6 is 11.3 Å². The van der Waals surface area contributed by atoms with Gasteiger partial charge in [0.15, 0.2) is 5.01 Å². The SMILES string of the molecule is CCNC(c1cnc(C(F)(F)F)s1)C(OC)C(C)(C)C. The van der Waals surface area contributed by atoms with Crippen LogP contribution < -0.4 is 5.32 Å². The van der Waals surface area contributed by atoms with Crippen LogP contribution in [0, 0.1) is 5.41 Å². The van der Waals surface area contributed by atoms with Gasteiger partial charge in [-0.05, 0) is 12.0 Å². The molecular formula is C13H21F3N2OS. The van der Waals surface area contributed by atoms with E-state index >= 15 is 0 Å². The van der Waals surface area contributed by atoms with E-state index in [1.807, 2.05) is 27.7 Å². The van der Waals surface area contributed by atoms with Gasteiger partial charge < -0.3 is 10.1 Å². The van der Waals surface area contributed by atoms with E-state index in [9.17, 15) is 13.2 Å². The van der Waals surface area contributed by atoms with Crippen molar-refractivity contribution in [2.45, 2.75) is 46.0 Å². The Morgan fingerprint density at radius 2 is 1.95 bits per heavy atom. The first-order valence-electron chi connectivity index (χ1n) is 6.40. The first kappa shape index (κ1) is 17.4. The average molecular weight is 310 g/mol. The molecule has 0 aliphatic carbocycles. The van der Waals surface area contributed by atoms with Gasteiger partial charge in [-0.15, -0.1) is 11.3 Å². The molecule has 0 saturated heterocycles. The third-order valence-corrected chi connectivity index (χ3v) is 4.03. The highest BCUT2D eigenvalue weighted by Crippen LogP contribution is 2.38. The molecule has 0 saturated carbocycles. The fourth-order valence-electron chi connectivity index (χ4n) is 2.13. The number of thiazole rings is 1. The summed E-state index contributed by atoms with van der Waals surface area (Å²) in [6, 6.07) is -0.307. The van der Waals surface area contributed by atoms with Gasteiger partial charge in [0, 0.05) is 18.2 Å². The van der Waals surface area contributed by atoms with E-state index in [4.69, 9.17) is 4.74 Å². The van der Waals surface area contributed by atoms with Gasteiger partial charge in [0.25, 0.3) is 0 Å². The molecule has 2 unspecified atom stereocenters. The maximum Gasteiger partial charge on any atom is 0.443 e. The predicted molar refractivity (Wildman–Crippen MR) is 73.8 cm³/mol. The number of methoxy groups -OCH3 is 1. The number of halogens is 3. The van der Waals surface area contributed by atoms with Crippen LogP contribution in [0.4, 0.5) is 13.2 Å². The van der Waals surface area contributed by atoms with Gasteiger partial charge in [-0.3, -0.25) is 0 Å². The molecule has 0 bridgehead atoms. The molecule has 0 aliphatic heterocycles. The maximum absolute atomic E-state index is 12.7. The molecule has 0 fully saturated rings. The number of rotatable bonds is 5. The van der Waals surface area contributed by atoms with Crippen LogP contribution in [0.5, 0.6) is 0 Å². The summed E-state index contributed by atoms with van der Waals surface area (Å²) in [6.07, 6.45) is -3.35. The molecule has 3 nitrogen and oxygen atoms in total. The average Bonchev–Trinajstić information content (AvgIpc) is 2.75. The van der Waals surface area contributed by atoms with Gasteiger partial charge in [-0.25, -0.2) is 4.98 Å². The summed E-state index contributed by atoms with van der Waals surface area (Å²) >= 11 is 0.669. The summed E-state index contributed by atoms with van der Waals surface area (Å²) in [5.41, 5.74) is -0.204. The summed E-state index contributed by atoms with van der Waals surface area (Å²) in [5.74, 6) is 0. The molecule has 0 amide bonds. The monoisotopic (exact) mass is 310 g/mol. The number of nitrogens with one attached hydrogen (secondary N) is 1. The smallest absolute Gasteiger partial charge is 0.379 e. The molecule has 20 heavy (non-hydrogen) atoms. The van der Waals surface area contributed by atoms with Gasteiger partial charge >= 0.3 is 6.18 Å². The Balaban J connectivity index is 3.10. The Bertz CT molecular complexity index is 426. The van der Waals surface area contributed by atoms with E-state index in [0.29, 0.717) is 22.8 Å². The Labute approximate surface area is 121 Å². The topological polar surface area (TPSA) is 34.2 Å². The predicted octanol–water partition coefficient (Wildman–Crippen LogP) is 3.87. The highest BCUT2D eigenvalue weighted by atomic mass is 32.1. The third kappa shape index (κ3) is 4.17. The second kappa shape index (κ2) is 6.41. The highest BCUT2D eigenvalue weighted by Gasteiger charge is 2.38.